The number of nitrogens with one attached hydrogen (secondary N) is 2. The molecular formula is C26H19FN4O4. The number of ketones is 1. The smallest absolute Gasteiger partial charge is 0.409 e. The molecule has 1 heterocycles. The Morgan fingerprint density at radius 3 is 2.43 bits per heavy atom. The predicted octanol–water partition coefficient (Wildman–Crippen LogP) is 5.25. The van der Waals surface area contributed by atoms with Gasteiger partial charge in [0.1, 0.15) is 5.82 Å². The van der Waals surface area contributed by atoms with E-state index >= 15 is 0 Å². The van der Waals surface area contributed by atoms with E-state index in [-0.39, 0.29) is 16.9 Å². The van der Waals surface area contributed by atoms with Gasteiger partial charge in [-0.15, -0.1) is 0 Å². The van der Waals surface area contributed by atoms with Crippen LogP contribution >= 0.6 is 0 Å². The van der Waals surface area contributed by atoms with Crippen LogP contribution in [0.2, 0.25) is 0 Å². The summed E-state index contributed by atoms with van der Waals surface area (Å²) in [6, 6.07) is 17.1. The number of rotatable bonds is 7. The quantitative estimate of drug-likeness (QED) is 0.251. The number of carboxylic acid groups (broad SMARTS) is 1. The molecule has 0 aliphatic carbocycles. The standard InChI is InChI=1S/C26H19FN4O4/c27-20-7-2-1-6-19(20)16-8-9-21(31-26(34)35)22(13-16)30-25(33)14-24(32)18-5-3-4-17(12-18)23-15-28-10-11-29-23/h1-13,15,31H,14H2,(H,30,33)(H,34,35). The van der Waals surface area contributed by atoms with Crippen LogP contribution in [0.15, 0.2) is 85.3 Å². The van der Waals surface area contributed by atoms with Crippen LogP contribution in [-0.4, -0.2) is 32.9 Å². The molecule has 0 atom stereocenters. The molecule has 9 heteroatoms. The molecule has 35 heavy (non-hydrogen) atoms. The Bertz CT molecular complexity index is 1410. The summed E-state index contributed by atoms with van der Waals surface area (Å²) in [6.07, 6.45) is 2.82. The zero-order chi connectivity index (χ0) is 24.8. The van der Waals surface area contributed by atoms with Gasteiger partial charge in [-0.25, -0.2) is 9.18 Å². The highest BCUT2D eigenvalue weighted by Gasteiger charge is 2.16. The van der Waals surface area contributed by atoms with E-state index in [1.54, 1.807) is 48.7 Å². The molecule has 0 fully saturated rings. The third-order valence-corrected chi connectivity index (χ3v) is 5.08. The van der Waals surface area contributed by atoms with Gasteiger partial charge in [-0.05, 0) is 29.8 Å². The number of amides is 2. The summed E-state index contributed by atoms with van der Waals surface area (Å²) in [7, 11) is 0. The molecule has 0 radical (unpaired) electrons. The summed E-state index contributed by atoms with van der Waals surface area (Å²) >= 11 is 0. The topological polar surface area (TPSA) is 121 Å². The molecular weight excluding hydrogens is 451 g/mol. The highest BCUT2D eigenvalue weighted by Crippen LogP contribution is 2.31. The minimum atomic E-state index is -1.34. The first-order valence-electron chi connectivity index (χ1n) is 10.5. The molecule has 4 rings (SSSR count). The molecule has 0 aliphatic heterocycles. The summed E-state index contributed by atoms with van der Waals surface area (Å²) in [6.45, 7) is 0. The third-order valence-electron chi connectivity index (χ3n) is 5.08. The van der Waals surface area contributed by atoms with Crippen molar-refractivity contribution in [1.29, 1.82) is 0 Å². The van der Waals surface area contributed by atoms with Crippen molar-refractivity contribution >= 4 is 29.2 Å². The summed E-state index contributed by atoms with van der Waals surface area (Å²) in [5.74, 6) is -1.56. The monoisotopic (exact) mass is 470 g/mol. The van der Waals surface area contributed by atoms with Gasteiger partial charge in [0.15, 0.2) is 5.78 Å². The van der Waals surface area contributed by atoms with E-state index in [1.807, 2.05) is 0 Å². The van der Waals surface area contributed by atoms with Crippen LogP contribution in [0.3, 0.4) is 0 Å². The fraction of sp³-hybridized carbons (Fsp3) is 0.0385. The fourth-order valence-electron chi connectivity index (χ4n) is 3.48. The summed E-state index contributed by atoms with van der Waals surface area (Å²) < 4.78 is 14.2. The molecule has 0 bridgehead atoms. The molecule has 0 aliphatic rings. The molecule has 8 nitrogen and oxygen atoms in total. The van der Waals surface area contributed by atoms with Crippen LogP contribution < -0.4 is 10.6 Å². The largest absolute Gasteiger partial charge is 0.465 e. The lowest BCUT2D eigenvalue weighted by atomic mass is 10.0. The number of benzene rings is 3. The number of hydrogen-bond acceptors (Lipinski definition) is 5. The second kappa shape index (κ2) is 10.3. The van der Waals surface area contributed by atoms with Gasteiger partial charge < -0.3 is 10.4 Å². The Morgan fingerprint density at radius 2 is 1.69 bits per heavy atom. The number of Topliss-reactive ketones (excluding diaryl/α,β-unsaturated/α-hetero) is 1. The maximum Gasteiger partial charge on any atom is 0.409 e. The van der Waals surface area contributed by atoms with Gasteiger partial charge in [0, 0.05) is 29.1 Å². The lowest BCUT2D eigenvalue weighted by Crippen LogP contribution is -2.18. The number of aromatic nitrogens is 2. The van der Waals surface area contributed by atoms with Crippen LogP contribution in [0.5, 0.6) is 0 Å². The van der Waals surface area contributed by atoms with Crippen LogP contribution in [0.4, 0.5) is 20.6 Å². The molecule has 0 saturated heterocycles. The first-order chi connectivity index (χ1) is 16.9. The van der Waals surface area contributed by atoms with Crippen molar-refractivity contribution in [2.75, 3.05) is 10.6 Å². The van der Waals surface area contributed by atoms with E-state index in [2.05, 4.69) is 20.6 Å². The molecule has 0 unspecified atom stereocenters. The van der Waals surface area contributed by atoms with E-state index in [1.165, 1.54) is 36.7 Å². The average molecular weight is 470 g/mol. The molecule has 174 valence electrons. The lowest BCUT2D eigenvalue weighted by Gasteiger charge is -2.13. The van der Waals surface area contributed by atoms with Crippen molar-refractivity contribution < 1.29 is 23.9 Å². The molecule has 2 amide bonds. The Balaban J connectivity index is 1.55. The third kappa shape index (κ3) is 5.72. The van der Waals surface area contributed by atoms with Gasteiger partial charge in [0.05, 0.1) is 29.7 Å². The van der Waals surface area contributed by atoms with Crippen LogP contribution in [0.1, 0.15) is 16.8 Å². The van der Waals surface area contributed by atoms with Gasteiger partial charge in [-0.2, -0.15) is 0 Å². The van der Waals surface area contributed by atoms with Gasteiger partial charge in [0.25, 0.3) is 0 Å². The van der Waals surface area contributed by atoms with Crippen molar-refractivity contribution in [1.82, 2.24) is 9.97 Å². The number of carbonyl (C=O) groups excluding carboxylic acids is 2. The highest BCUT2D eigenvalue weighted by molar-refractivity contribution is 6.12. The van der Waals surface area contributed by atoms with E-state index in [9.17, 15) is 18.8 Å². The molecule has 0 spiro atoms. The van der Waals surface area contributed by atoms with Gasteiger partial charge in [-0.1, -0.05) is 42.5 Å². The predicted molar refractivity (Wildman–Crippen MR) is 129 cm³/mol. The number of halogens is 1. The van der Waals surface area contributed by atoms with Gasteiger partial charge in [-0.3, -0.25) is 24.9 Å². The SMILES string of the molecule is O=C(O)Nc1ccc(-c2ccccc2F)cc1NC(=O)CC(=O)c1cccc(-c2cnccn2)c1. The summed E-state index contributed by atoms with van der Waals surface area (Å²) in [5.41, 5.74) is 2.46. The Labute approximate surface area is 199 Å². The number of carbonyl (C=O) groups is 3. The zero-order valence-corrected chi connectivity index (χ0v) is 18.2. The minimum absolute atomic E-state index is 0.0861. The van der Waals surface area contributed by atoms with Crippen LogP contribution in [-0.2, 0) is 4.79 Å². The van der Waals surface area contributed by atoms with Crippen LogP contribution in [0.25, 0.3) is 22.4 Å². The van der Waals surface area contributed by atoms with Crippen molar-refractivity contribution in [2.24, 2.45) is 0 Å². The maximum atomic E-state index is 14.2. The Kier molecular flexibility index (Phi) is 6.87. The normalized spacial score (nSPS) is 10.4. The van der Waals surface area contributed by atoms with Crippen molar-refractivity contribution in [2.45, 2.75) is 6.42 Å². The van der Waals surface area contributed by atoms with Crippen LogP contribution in [0, 0.1) is 5.82 Å². The minimum Gasteiger partial charge on any atom is -0.465 e. The second-order valence-electron chi connectivity index (χ2n) is 7.49. The Morgan fingerprint density at radius 1 is 0.857 bits per heavy atom. The highest BCUT2D eigenvalue weighted by atomic mass is 19.1. The molecule has 1 aromatic heterocycles. The molecule has 3 aromatic carbocycles. The van der Waals surface area contributed by atoms with Crippen molar-refractivity contribution in [3.05, 3.63) is 96.7 Å². The molecule has 4 aromatic rings. The summed E-state index contributed by atoms with van der Waals surface area (Å²) in [4.78, 5) is 44.9. The van der Waals surface area contributed by atoms with Crippen molar-refractivity contribution in [3.8, 4) is 22.4 Å². The second-order valence-corrected chi connectivity index (χ2v) is 7.49. The first-order valence-corrected chi connectivity index (χ1v) is 10.5. The number of nitrogens with zero attached hydrogens (tertiary/aromatic N) is 2. The van der Waals surface area contributed by atoms with Crippen molar-refractivity contribution in [3.63, 3.8) is 0 Å². The van der Waals surface area contributed by atoms with Gasteiger partial charge in [0.2, 0.25) is 5.91 Å². The lowest BCUT2D eigenvalue weighted by molar-refractivity contribution is -0.115. The first kappa shape index (κ1) is 23.2. The van der Waals surface area contributed by atoms with E-state index in [0.29, 0.717) is 22.4 Å². The van der Waals surface area contributed by atoms with Gasteiger partial charge >= 0.3 is 6.09 Å². The molecule has 3 N–H and O–H groups in total. The number of anilines is 2. The maximum absolute atomic E-state index is 14.2. The number of hydrogen-bond donors (Lipinski definition) is 3. The average Bonchev–Trinajstić information content (AvgIpc) is 2.86. The van der Waals surface area contributed by atoms with E-state index < -0.39 is 30.0 Å². The molecule has 0 saturated carbocycles. The fourth-order valence-corrected chi connectivity index (χ4v) is 3.48. The zero-order valence-electron chi connectivity index (χ0n) is 18.2. The summed E-state index contributed by atoms with van der Waals surface area (Å²) in [5, 5.41) is 13.9. The van der Waals surface area contributed by atoms with E-state index in [0.717, 1.165) is 0 Å². The Hall–Kier alpha value is -4.92. The van der Waals surface area contributed by atoms with E-state index in [4.69, 9.17) is 5.11 Å².